The van der Waals surface area contributed by atoms with Crippen LogP contribution in [0.3, 0.4) is 0 Å². The van der Waals surface area contributed by atoms with Gasteiger partial charge in [-0.2, -0.15) is 13.2 Å². The second-order valence-electron chi connectivity index (χ2n) is 6.90. The summed E-state index contributed by atoms with van der Waals surface area (Å²) < 4.78 is 38.1. The number of aryl methyl sites for hydroxylation is 1. The summed E-state index contributed by atoms with van der Waals surface area (Å²) in [6, 6.07) is 10.2. The lowest BCUT2D eigenvalue weighted by Gasteiger charge is -2.32. The van der Waals surface area contributed by atoms with E-state index in [1.54, 1.807) is 4.90 Å². The lowest BCUT2D eigenvalue weighted by atomic mass is 9.88. The Labute approximate surface area is 161 Å². The lowest BCUT2D eigenvalue weighted by Crippen LogP contribution is -2.39. The predicted molar refractivity (Wildman–Crippen MR) is 97.8 cm³/mol. The number of benzene rings is 1. The average molecular weight is 397 g/mol. The van der Waals surface area contributed by atoms with E-state index in [9.17, 15) is 18.0 Å². The van der Waals surface area contributed by atoms with Crippen molar-refractivity contribution >= 4 is 17.5 Å². The number of alkyl halides is 3. The molecule has 1 fully saturated rings. The highest BCUT2D eigenvalue weighted by Crippen LogP contribution is 2.30. The summed E-state index contributed by atoms with van der Waals surface area (Å²) in [5.41, 5.74) is 1.50. The molecule has 2 heterocycles. The smallest absolute Gasteiger partial charge is 0.339 e. The fourth-order valence-electron chi connectivity index (χ4n) is 3.41. The summed E-state index contributed by atoms with van der Waals surface area (Å²) in [5, 5.41) is -0.406. The Morgan fingerprint density at radius 2 is 1.85 bits per heavy atom. The molecule has 1 amide bonds. The molecule has 1 aliphatic rings. The third-order valence-electron chi connectivity index (χ3n) is 5.04. The van der Waals surface area contributed by atoms with Crippen molar-refractivity contribution in [2.45, 2.75) is 32.4 Å². The van der Waals surface area contributed by atoms with Gasteiger partial charge < -0.3 is 4.90 Å². The van der Waals surface area contributed by atoms with Crippen LogP contribution in [-0.4, -0.2) is 28.9 Å². The van der Waals surface area contributed by atoms with E-state index in [2.05, 4.69) is 24.0 Å². The summed E-state index contributed by atoms with van der Waals surface area (Å²) >= 11 is 5.84. The largest absolute Gasteiger partial charge is 0.433 e. The zero-order chi connectivity index (χ0) is 19.6. The van der Waals surface area contributed by atoms with E-state index in [0.717, 1.165) is 31.4 Å². The van der Waals surface area contributed by atoms with Crippen molar-refractivity contribution in [2.75, 3.05) is 13.1 Å². The van der Waals surface area contributed by atoms with Gasteiger partial charge in [-0.1, -0.05) is 35.9 Å². The van der Waals surface area contributed by atoms with Crippen molar-refractivity contribution in [1.29, 1.82) is 0 Å². The maximum Gasteiger partial charge on any atom is 0.433 e. The first kappa shape index (κ1) is 19.7. The van der Waals surface area contributed by atoms with E-state index in [1.165, 1.54) is 11.1 Å². The topological polar surface area (TPSA) is 33.2 Å². The number of amides is 1. The molecular weight excluding hydrogens is 377 g/mol. The van der Waals surface area contributed by atoms with Gasteiger partial charge in [0.15, 0.2) is 0 Å². The minimum atomic E-state index is -4.58. The summed E-state index contributed by atoms with van der Waals surface area (Å²) in [6.45, 7) is 3.22. The molecule has 1 aromatic heterocycles. The number of aromatic nitrogens is 1. The summed E-state index contributed by atoms with van der Waals surface area (Å²) in [4.78, 5) is 17.6. The molecule has 0 saturated carbocycles. The van der Waals surface area contributed by atoms with Crippen LogP contribution in [0.25, 0.3) is 0 Å². The molecule has 2 aromatic rings. The van der Waals surface area contributed by atoms with Crippen molar-refractivity contribution in [1.82, 2.24) is 9.88 Å². The molecule has 1 saturated heterocycles. The fraction of sp³-hybridized carbons (Fsp3) is 0.400. The van der Waals surface area contributed by atoms with Gasteiger partial charge in [-0.25, -0.2) is 4.98 Å². The quantitative estimate of drug-likeness (QED) is 0.671. The first-order valence-corrected chi connectivity index (χ1v) is 9.21. The number of pyridine rings is 1. The van der Waals surface area contributed by atoms with Gasteiger partial charge in [0.2, 0.25) is 0 Å². The normalized spacial score (nSPS) is 15.8. The third-order valence-corrected chi connectivity index (χ3v) is 5.33. The van der Waals surface area contributed by atoms with Gasteiger partial charge in [0.1, 0.15) is 10.8 Å². The van der Waals surface area contributed by atoms with Crippen LogP contribution in [0.2, 0.25) is 5.15 Å². The van der Waals surface area contributed by atoms with Gasteiger partial charge in [-0.05, 0) is 55.4 Å². The highest BCUT2D eigenvalue weighted by molar-refractivity contribution is 6.32. The molecule has 1 aliphatic heterocycles. The highest BCUT2D eigenvalue weighted by atomic mass is 35.5. The monoisotopic (exact) mass is 396 g/mol. The number of hydrogen-bond acceptors (Lipinski definition) is 2. The van der Waals surface area contributed by atoms with Crippen molar-refractivity contribution in [3.05, 3.63) is 63.9 Å². The summed E-state index contributed by atoms with van der Waals surface area (Å²) in [5.74, 6) is 0.118. The molecule has 0 atom stereocenters. The van der Waals surface area contributed by atoms with Gasteiger partial charge >= 0.3 is 6.18 Å². The molecule has 0 spiro atoms. The van der Waals surface area contributed by atoms with Crippen LogP contribution in [0.1, 0.15) is 40.0 Å². The molecule has 1 aromatic carbocycles. The molecule has 0 bridgehead atoms. The van der Waals surface area contributed by atoms with Gasteiger partial charge in [0.05, 0.1) is 5.56 Å². The molecular formula is C20H20ClF3N2O. The van der Waals surface area contributed by atoms with Gasteiger partial charge in [-0.15, -0.1) is 0 Å². The molecule has 3 rings (SSSR count). The standard InChI is InChI=1S/C20H20ClF3N2O/c1-13-4-2-3-5-15(13)12-14-8-10-26(11-9-14)19(27)16-6-7-17(20(22,23)24)25-18(16)21/h2-7,14H,8-12H2,1H3. The maximum absolute atomic E-state index is 12.7. The molecule has 0 radical (unpaired) electrons. The number of likely N-dealkylation sites (tertiary alicyclic amines) is 1. The predicted octanol–water partition coefficient (Wildman–Crippen LogP) is 5.16. The Morgan fingerprint density at radius 3 is 2.44 bits per heavy atom. The van der Waals surface area contributed by atoms with E-state index in [0.29, 0.717) is 19.0 Å². The number of carbonyl (C=O) groups excluding carboxylic acids is 1. The zero-order valence-electron chi connectivity index (χ0n) is 14.9. The van der Waals surface area contributed by atoms with E-state index in [-0.39, 0.29) is 11.5 Å². The number of piperidine rings is 1. The number of rotatable bonds is 3. The molecule has 7 heteroatoms. The van der Waals surface area contributed by atoms with Crippen LogP contribution in [0.5, 0.6) is 0 Å². The maximum atomic E-state index is 12.7. The lowest BCUT2D eigenvalue weighted by molar-refractivity contribution is -0.141. The summed E-state index contributed by atoms with van der Waals surface area (Å²) in [6.07, 6.45) is -1.91. The number of halogens is 4. The SMILES string of the molecule is Cc1ccccc1CC1CCN(C(=O)c2ccc(C(F)(F)F)nc2Cl)CC1. The molecule has 144 valence electrons. The first-order valence-electron chi connectivity index (χ1n) is 8.83. The van der Waals surface area contributed by atoms with Crippen LogP contribution in [-0.2, 0) is 12.6 Å². The Morgan fingerprint density at radius 1 is 1.19 bits per heavy atom. The van der Waals surface area contributed by atoms with E-state index < -0.39 is 17.0 Å². The molecule has 0 N–H and O–H groups in total. The first-order chi connectivity index (χ1) is 12.8. The Balaban J connectivity index is 1.62. The molecule has 27 heavy (non-hydrogen) atoms. The minimum absolute atomic E-state index is 0.0158. The number of nitrogens with zero attached hydrogens (tertiary/aromatic N) is 2. The molecule has 3 nitrogen and oxygen atoms in total. The minimum Gasteiger partial charge on any atom is -0.339 e. The van der Waals surface area contributed by atoms with Crippen molar-refractivity contribution in [2.24, 2.45) is 5.92 Å². The molecule has 0 aliphatic carbocycles. The third kappa shape index (κ3) is 4.61. The second-order valence-corrected chi connectivity index (χ2v) is 7.26. The van der Waals surface area contributed by atoms with E-state index in [4.69, 9.17) is 11.6 Å². The van der Waals surface area contributed by atoms with Crippen LogP contribution in [0.4, 0.5) is 13.2 Å². The van der Waals surface area contributed by atoms with Crippen LogP contribution < -0.4 is 0 Å². The van der Waals surface area contributed by atoms with Crippen molar-refractivity contribution in [3.8, 4) is 0 Å². The molecule has 0 unspecified atom stereocenters. The van der Waals surface area contributed by atoms with Gasteiger partial charge in [0, 0.05) is 13.1 Å². The van der Waals surface area contributed by atoms with E-state index in [1.807, 2.05) is 12.1 Å². The van der Waals surface area contributed by atoms with Crippen molar-refractivity contribution in [3.63, 3.8) is 0 Å². The highest BCUT2D eigenvalue weighted by Gasteiger charge is 2.34. The Bertz CT molecular complexity index is 830. The summed E-state index contributed by atoms with van der Waals surface area (Å²) in [7, 11) is 0. The Kier molecular flexibility index (Phi) is 5.75. The fourth-order valence-corrected chi connectivity index (χ4v) is 3.65. The van der Waals surface area contributed by atoms with Crippen LogP contribution >= 0.6 is 11.6 Å². The van der Waals surface area contributed by atoms with Gasteiger partial charge in [-0.3, -0.25) is 4.79 Å². The van der Waals surface area contributed by atoms with Crippen LogP contribution in [0, 0.1) is 12.8 Å². The Hall–Kier alpha value is -2.08. The zero-order valence-corrected chi connectivity index (χ0v) is 15.6. The second kappa shape index (κ2) is 7.89. The van der Waals surface area contributed by atoms with Crippen molar-refractivity contribution < 1.29 is 18.0 Å². The number of carbonyl (C=O) groups is 1. The average Bonchev–Trinajstić information content (AvgIpc) is 2.63. The van der Waals surface area contributed by atoms with Crippen LogP contribution in [0.15, 0.2) is 36.4 Å². The van der Waals surface area contributed by atoms with E-state index >= 15 is 0 Å². The number of hydrogen-bond donors (Lipinski definition) is 0. The van der Waals surface area contributed by atoms with Gasteiger partial charge in [0.25, 0.3) is 5.91 Å².